The molecule has 1 aromatic heterocycles. The Morgan fingerprint density at radius 3 is 2.80 bits per heavy atom. The van der Waals surface area contributed by atoms with Crippen molar-refractivity contribution in [1.82, 2.24) is 10.2 Å². The highest BCUT2D eigenvalue weighted by Crippen LogP contribution is 2.37. The molecule has 2 aromatic rings. The van der Waals surface area contributed by atoms with Crippen molar-refractivity contribution in [2.75, 3.05) is 14.2 Å². The van der Waals surface area contributed by atoms with E-state index in [1.807, 2.05) is 24.4 Å². The number of nitrogens with zero attached hydrogens (tertiary/aromatic N) is 1. The number of carbonyl (C=O) groups is 2. The topological polar surface area (TPSA) is 82.5 Å². The molecule has 25 heavy (non-hydrogen) atoms. The Morgan fingerprint density at radius 1 is 1.40 bits per heavy atom. The summed E-state index contributed by atoms with van der Waals surface area (Å²) in [6.45, 7) is 1.91. The summed E-state index contributed by atoms with van der Waals surface area (Å²) in [7, 11) is 3.17. The number of hydrogen-bond donors (Lipinski definition) is 2. The summed E-state index contributed by atoms with van der Waals surface area (Å²) in [4.78, 5) is 25.8. The van der Waals surface area contributed by atoms with Gasteiger partial charge in [0, 0.05) is 17.5 Å². The van der Waals surface area contributed by atoms with Crippen LogP contribution in [-0.2, 0) is 10.3 Å². The summed E-state index contributed by atoms with van der Waals surface area (Å²) in [6, 6.07) is 7.27. The molecule has 1 saturated heterocycles. The molecule has 3 rings (SSSR count). The molecule has 2 heterocycles. The van der Waals surface area contributed by atoms with E-state index in [9.17, 15) is 9.59 Å². The Bertz CT molecular complexity index is 841. The largest absolute Gasteiger partial charge is 0.497 e. The van der Waals surface area contributed by atoms with Crippen molar-refractivity contribution >= 4 is 29.5 Å². The molecule has 1 aliphatic heterocycles. The highest BCUT2D eigenvalue weighted by molar-refractivity contribution is 7.10. The van der Waals surface area contributed by atoms with Gasteiger partial charge in [-0.1, -0.05) is 0 Å². The molecule has 7 heteroatoms. The maximum Gasteiger partial charge on any atom is 0.231 e. The number of hydrogen-bond acceptors (Lipinski definition) is 5. The first-order chi connectivity index (χ1) is 11.9. The molecule has 2 N–H and O–H groups in total. The van der Waals surface area contributed by atoms with Gasteiger partial charge in [0.25, 0.3) is 0 Å². The standard InChI is InChI=1S/C18H19N3O3S/c1-18(8-16(23)21(2)17(19)20-18)15-6-12(10-25-15)14-7-13(24-3)5-4-11(14)9-22/h4-7,9-10H,8H2,1-3H3,(H2,19,20)/t18-/m0/s1. The molecule has 1 atom stereocenters. The normalized spacial score (nSPS) is 20.4. The van der Waals surface area contributed by atoms with Crippen LogP contribution < -0.4 is 10.1 Å². The molecule has 1 amide bonds. The van der Waals surface area contributed by atoms with E-state index in [1.165, 1.54) is 16.2 Å². The second-order valence-corrected chi connectivity index (χ2v) is 7.12. The fourth-order valence-electron chi connectivity index (χ4n) is 2.87. The summed E-state index contributed by atoms with van der Waals surface area (Å²) in [5.41, 5.74) is 1.62. The van der Waals surface area contributed by atoms with Crippen molar-refractivity contribution < 1.29 is 14.3 Å². The molecule has 1 aromatic carbocycles. The monoisotopic (exact) mass is 357 g/mol. The predicted octanol–water partition coefficient (Wildman–Crippen LogP) is 2.84. The van der Waals surface area contributed by atoms with Gasteiger partial charge >= 0.3 is 0 Å². The minimum absolute atomic E-state index is 0.0867. The number of benzene rings is 1. The molecule has 0 spiro atoms. The van der Waals surface area contributed by atoms with Crippen LogP contribution in [-0.4, -0.2) is 37.2 Å². The van der Waals surface area contributed by atoms with E-state index in [0.29, 0.717) is 11.3 Å². The van der Waals surface area contributed by atoms with E-state index in [1.54, 1.807) is 26.3 Å². The Kier molecular flexibility index (Phi) is 4.34. The van der Waals surface area contributed by atoms with Gasteiger partial charge in [-0.3, -0.25) is 19.9 Å². The fourth-order valence-corrected chi connectivity index (χ4v) is 3.89. The highest BCUT2D eigenvalue weighted by Gasteiger charge is 2.38. The Balaban J connectivity index is 2.00. The molecule has 0 aliphatic carbocycles. The number of aldehydes is 1. The van der Waals surface area contributed by atoms with E-state index in [4.69, 9.17) is 10.1 Å². The smallest absolute Gasteiger partial charge is 0.231 e. The van der Waals surface area contributed by atoms with Crippen LogP contribution in [0.25, 0.3) is 11.1 Å². The summed E-state index contributed by atoms with van der Waals surface area (Å²) < 4.78 is 5.26. The van der Waals surface area contributed by atoms with Gasteiger partial charge in [-0.25, -0.2) is 0 Å². The van der Waals surface area contributed by atoms with Crippen molar-refractivity contribution in [3.05, 3.63) is 40.1 Å². The summed E-state index contributed by atoms with van der Waals surface area (Å²) >= 11 is 1.50. The number of thiophene rings is 1. The number of methoxy groups -OCH3 is 1. The molecule has 0 saturated carbocycles. The predicted molar refractivity (Wildman–Crippen MR) is 97.3 cm³/mol. The number of ether oxygens (including phenoxy) is 1. The molecule has 0 bridgehead atoms. The molecular weight excluding hydrogens is 338 g/mol. The van der Waals surface area contributed by atoms with Gasteiger partial charge in [0.1, 0.15) is 5.75 Å². The zero-order valence-electron chi connectivity index (χ0n) is 14.3. The zero-order chi connectivity index (χ0) is 18.2. The van der Waals surface area contributed by atoms with Crippen LogP contribution in [0.4, 0.5) is 0 Å². The van der Waals surface area contributed by atoms with E-state index >= 15 is 0 Å². The number of rotatable bonds is 4. The van der Waals surface area contributed by atoms with E-state index in [2.05, 4.69) is 5.32 Å². The molecule has 6 nitrogen and oxygen atoms in total. The van der Waals surface area contributed by atoms with Gasteiger partial charge in [0.15, 0.2) is 12.2 Å². The van der Waals surface area contributed by atoms with Crippen LogP contribution in [0.1, 0.15) is 28.6 Å². The van der Waals surface area contributed by atoms with Gasteiger partial charge in [0.2, 0.25) is 5.91 Å². The number of carbonyl (C=O) groups excluding carboxylic acids is 2. The first-order valence-corrected chi connectivity index (χ1v) is 8.62. The molecule has 0 unspecified atom stereocenters. The van der Waals surface area contributed by atoms with Gasteiger partial charge < -0.3 is 10.1 Å². The fraction of sp³-hybridized carbons (Fsp3) is 0.278. The maximum atomic E-state index is 12.1. The number of nitrogens with one attached hydrogen (secondary N) is 2. The Hall–Kier alpha value is -2.67. The summed E-state index contributed by atoms with van der Waals surface area (Å²) in [5.74, 6) is 0.661. The lowest BCUT2D eigenvalue weighted by atomic mass is 9.91. The van der Waals surface area contributed by atoms with Crippen molar-refractivity contribution in [3.8, 4) is 16.9 Å². The zero-order valence-corrected chi connectivity index (χ0v) is 15.1. The minimum atomic E-state index is -0.635. The molecule has 1 aliphatic rings. The lowest BCUT2D eigenvalue weighted by Gasteiger charge is -2.38. The minimum Gasteiger partial charge on any atom is -0.497 e. The van der Waals surface area contributed by atoms with Crippen LogP contribution in [0.15, 0.2) is 29.6 Å². The first kappa shape index (κ1) is 17.2. The maximum absolute atomic E-state index is 12.1. The third-order valence-electron chi connectivity index (χ3n) is 4.45. The van der Waals surface area contributed by atoms with Gasteiger partial charge in [-0.05, 0) is 47.7 Å². The Morgan fingerprint density at radius 2 is 2.16 bits per heavy atom. The SMILES string of the molecule is COc1ccc(C=O)c(-c2csc([C@]3(C)CC(=O)N(C)C(=N)N3)c2)c1. The summed E-state index contributed by atoms with van der Waals surface area (Å²) in [6.07, 6.45) is 1.09. The van der Waals surface area contributed by atoms with Crippen LogP contribution in [0.3, 0.4) is 0 Å². The Labute approximate surface area is 149 Å². The van der Waals surface area contributed by atoms with E-state index < -0.39 is 5.54 Å². The van der Waals surface area contributed by atoms with Crippen molar-refractivity contribution in [2.24, 2.45) is 0 Å². The second-order valence-electron chi connectivity index (χ2n) is 6.21. The van der Waals surface area contributed by atoms with Crippen LogP contribution >= 0.6 is 11.3 Å². The van der Waals surface area contributed by atoms with Crippen molar-refractivity contribution in [1.29, 1.82) is 5.41 Å². The second kappa shape index (κ2) is 6.33. The van der Waals surface area contributed by atoms with Gasteiger partial charge in [-0.15, -0.1) is 11.3 Å². The average Bonchev–Trinajstić information content (AvgIpc) is 3.10. The number of guanidine groups is 1. The third kappa shape index (κ3) is 3.02. The van der Waals surface area contributed by atoms with E-state index in [0.717, 1.165) is 22.3 Å². The molecule has 0 radical (unpaired) electrons. The van der Waals surface area contributed by atoms with Crippen LogP contribution in [0, 0.1) is 5.41 Å². The lowest BCUT2D eigenvalue weighted by Crippen LogP contribution is -2.57. The van der Waals surface area contributed by atoms with E-state index in [-0.39, 0.29) is 18.3 Å². The van der Waals surface area contributed by atoms with Gasteiger partial charge in [0.05, 0.1) is 19.1 Å². The van der Waals surface area contributed by atoms with Crippen molar-refractivity contribution in [3.63, 3.8) is 0 Å². The lowest BCUT2D eigenvalue weighted by molar-refractivity contribution is -0.129. The third-order valence-corrected chi connectivity index (χ3v) is 5.64. The quantitative estimate of drug-likeness (QED) is 0.825. The van der Waals surface area contributed by atoms with Crippen molar-refractivity contribution in [2.45, 2.75) is 18.9 Å². The van der Waals surface area contributed by atoms with Crippen LogP contribution in [0.2, 0.25) is 0 Å². The highest BCUT2D eigenvalue weighted by atomic mass is 32.1. The first-order valence-electron chi connectivity index (χ1n) is 7.74. The number of amides is 1. The average molecular weight is 357 g/mol. The van der Waals surface area contributed by atoms with Crippen LogP contribution in [0.5, 0.6) is 5.75 Å². The molecule has 1 fully saturated rings. The summed E-state index contributed by atoms with van der Waals surface area (Å²) in [5, 5.41) is 13.0. The van der Waals surface area contributed by atoms with Gasteiger partial charge in [-0.2, -0.15) is 0 Å². The molecular formula is C18H19N3O3S. The molecule has 130 valence electrons.